The van der Waals surface area contributed by atoms with Crippen molar-refractivity contribution in [3.8, 4) is 17.0 Å². The molecule has 19 heavy (non-hydrogen) atoms. The monoisotopic (exact) mass is 257 g/mol. The number of aryl methyl sites for hydroxylation is 1. The van der Waals surface area contributed by atoms with Gasteiger partial charge in [-0.25, -0.2) is 4.79 Å². The molecule has 0 saturated heterocycles. The SMILES string of the molecule is Cc1c[nH]c2ccc(-c3cc(C(=O)O)[nH]n3)c(O)c12. The van der Waals surface area contributed by atoms with Gasteiger partial charge < -0.3 is 15.2 Å². The van der Waals surface area contributed by atoms with E-state index >= 15 is 0 Å². The average molecular weight is 257 g/mol. The highest BCUT2D eigenvalue weighted by Gasteiger charge is 2.15. The zero-order valence-corrected chi connectivity index (χ0v) is 10.1. The molecule has 4 N–H and O–H groups in total. The number of carboxylic acids is 1. The van der Waals surface area contributed by atoms with Crippen molar-refractivity contribution in [2.24, 2.45) is 0 Å². The molecule has 1 aromatic carbocycles. The predicted molar refractivity (Wildman–Crippen MR) is 69.2 cm³/mol. The summed E-state index contributed by atoms with van der Waals surface area (Å²) in [5.41, 5.74) is 2.63. The van der Waals surface area contributed by atoms with Gasteiger partial charge >= 0.3 is 5.97 Å². The minimum Gasteiger partial charge on any atom is -0.507 e. The van der Waals surface area contributed by atoms with Crippen LogP contribution in [0.4, 0.5) is 0 Å². The standard InChI is InChI=1S/C13H11N3O3/c1-6-5-14-8-3-2-7(12(17)11(6)8)9-4-10(13(18)19)16-15-9/h2-5,14,17H,1H3,(H,15,16)(H,18,19). The summed E-state index contributed by atoms with van der Waals surface area (Å²) in [6.45, 7) is 1.88. The second kappa shape index (κ2) is 3.88. The van der Waals surface area contributed by atoms with E-state index in [1.165, 1.54) is 6.07 Å². The molecule has 0 saturated carbocycles. The van der Waals surface area contributed by atoms with Crippen LogP contribution in [0.3, 0.4) is 0 Å². The molecule has 2 aromatic heterocycles. The highest BCUT2D eigenvalue weighted by atomic mass is 16.4. The van der Waals surface area contributed by atoms with Crippen molar-refractivity contribution < 1.29 is 15.0 Å². The Morgan fingerprint density at radius 3 is 2.84 bits per heavy atom. The van der Waals surface area contributed by atoms with Crippen LogP contribution in [-0.2, 0) is 0 Å². The molecule has 0 aliphatic carbocycles. The van der Waals surface area contributed by atoms with Crippen LogP contribution in [0, 0.1) is 6.92 Å². The zero-order valence-electron chi connectivity index (χ0n) is 10.1. The molecule has 0 radical (unpaired) electrons. The van der Waals surface area contributed by atoms with E-state index in [4.69, 9.17) is 5.11 Å². The zero-order chi connectivity index (χ0) is 13.6. The number of phenols is 1. The first-order valence-electron chi connectivity index (χ1n) is 5.66. The third kappa shape index (κ3) is 1.65. The lowest BCUT2D eigenvalue weighted by molar-refractivity contribution is 0.0690. The van der Waals surface area contributed by atoms with Gasteiger partial charge in [0.25, 0.3) is 0 Å². The Labute approximate surface area is 107 Å². The number of aromatic nitrogens is 3. The number of fused-ring (bicyclic) bond motifs is 1. The Morgan fingerprint density at radius 1 is 1.37 bits per heavy atom. The number of H-pyrrole nitrogens is 2. The fraction of sp³-hybridized carbons (Fsp3) is 0.0769. The molecule has 0 unspecified atom stereocenters. The summed E-state index contributed by atoms with van der Waals surface area (Å²) >= 11 is 0. The van der Waals surface area contributed by atoms with E-state index in [9.17, 15) is 9.90 Å². The number of carbonyl (C=O) groups is 1. The Morgan fingerprint density at radius 2 is 2.16 bits per heavy atom. The maximum atomic E-state index is 10.8. The van der Waals surface area contributed by atoms with Crippen LogP contribution in [0.15, 0.2) is 24.4 Å². The number of hydrogen-bond acceptors (Lipinski definition) is 3. The van der Waals surface area contributed by atoms with Gasteiger partial charge in [-0.15, -0.1) is 0 Å². The number of aromatic carboxylic acids is 1. The van der Waals surface area contributed by atoms with E-state index in [0.717, 1.165) is 16.5 Å². The van der Waals surface area contributed by atoms with Gasteiger partial charge in [0.15, 0.2) is 0 Å². The summed E-state index contributed by atoms with van der Waals surface area (Å²) in [5, 5.41) is 26.2. The largest absolute Gasteiger partial charge is 0.507 e. The van der Waals surface area contributed by atoms with Gasteiger partial charge in [0.2, 0.25) is 0 Å². The predicted octanol–water partition coefficient (Wildman–Crippen LogP) is 2.27. The Hall–Kier alpha value is -2.76. The van der Waals surface area contributed by atoms with Crippen LogP contribution in [0.5, 0.6) is 5.75 Å². The van der Waals surface area contributed by atoms with E-state index in [2.05, 4.69) is 15.2 Å². The number of rotatable bonds is 2. The topological polar surface area (TPSA) is 102 Å². The molecule has 3 aromatic rings. The second-order valence-electron chi connectivity index (χ2n) is 4.33. The molecule has 0 fully saturated rings. The Bertz CT molecular complexity index is 786. The molecule has 0 atom stereocenters. The van der Waals surface area contributed by atoms with Crippen molar-refractivity contribution in [2.45, 2.75) is 6.92 Å². The highest BCUT2D eigenvalue weighted by Crippen LogP contribution is 2.36. The van der Waals surface area contributed by atoms with Gasteiger partial charge in [-0.1, -0.05) is 0 Å². The summed E-state index contributed by atoms with van der Waals surface area (Å²) in [5.74, 6) is -0.989. The second-order valence-corrected chi connectivity index (χ2v) is 4.33. The first-order valence-corrected chi connectivity index (χ1v) is 5.66. The fourth-order valence-corrected chi connectivity index (χ4v) is 2.14. The van der Waals surface area contributed by atoms with E-state index in [1.807, 2.05) is 13.0 Å². The minimum atomic E-state index is -1.09. The number of benzene rings is 1. The van der Waals surface area contributed by atoms with Crippen molar-refractivity contribution in [1.82, 2.24) is 15.2 Å². The number of nitrogens with one attached hydrogen (secondary N) is 2. The van der Waals surface area contributed by atoms with Gasteiger partial charge in [0.05, 0.1) is 5.69 Å². The molecule has 0 aliphatic heterocycles. The smallest absolute Gasteiger partial charge is 0.353 e. The van der Waals surface area contributed by atoms with E-state index in [-0.39, 0.29) is 11.4 Å². The first-order chi connectivity index (χ1) is 9.08. The van der Waals surface area contributed by atoms with Gasteiger partial charge in [-0.05, 0) is 30.7 Å². The number of aromatic amines is 2. The fourth-order valence-electron chi connectivity index (χ4n) is 2.14. The van der Waals surface area contributed by atoms with Gasteiger partial charge in [0.1, 0.15) is 11.4 Å². The molecular formula is C13H11N3O3. The van der Waals surface area contributed by atoms with Crippen molar-refractivity contribution in [3.63, 3.8) is 0 Å². The van der Waals surface area contributed by atoms with Crippen molar-refractivity contribution in [1.29, 1.82) is 0 Å². The normalized spacial score (nSPS) is 11.0. The van der Waals surface area contributed by atoms with E-state index in [0.29, 0.717) is 11.3 Å². The van der Waals surface area contributed by atoms with Crippen molar-refractivity contribution >= 4 is 16.9 Å². The molecule has 0 aliphatic rings. The third-order valence-corrected chi connectivity index (χ3v) is 3.10. The minimum absolute atomic E-state index is 0.0136. The average Bonchev–Trinajstić information content (AvgIpc) is 2.97. The van der Waals surface area contributed by atoms with E-state index < -0.39 is 5.97 Å². The molecule has 3 rings (SSSR count). The molecule has 6 heteroatoms. The highest BCUT2D eigenvalue weighted by molar-refractivity contribution is 5.95. The quantitative estimate of drug-likeness (QED) is 0.565. The molecule has 0 amide bonds. The van der Waals surface area contributed by atoms with Crippen LogP contribution in [-0.4, -0.2) is 31.4 Å². The maximum absolute atomic E-state index is 10.8. The molecule has 6 nitrogen and oxygen atoms in total. The number of carboxylic acid groups (broad SMARTS) is 1. The number of hydrogen-bond donors (Lipinski definition) is 4. The number of aromatic hydroxyl groups is 1. The lowest BCUT2D eigenvalue weighted by atomic mass is 10.1. The molecule has 96 valence electrons. The van der Waals surface area contributed by atoms with Crippen LogP contribution >= 0.6 is 0 Å². The van der Waals surface area contributed by atoms with Crippen LogP contribution < -0.4 is 0 Å². The van der Waals surface area contributed by atoms with Gasteiger partial charge in [-0.3, -0.25) is 5.10 Å². The molecular weight excluding hydrogens is 246 g/mol. The molecule has 2 heterocycles. The van der Waals surface area contributed by atoms with Crippen molar-refractivity contribution in [2.75, 3.05) is 0 Å². The van der Waals surface area contributed by atoms with Crippen molar-refractivity contribution in [3.05, 3.63) is 35.7 Å². The summed E-state index contributed by atoms with van der Waals surface area (Å²) in [7, 11) is 0. The van der Waals surface area contributed by atoms with Gasteiger partial charge in [0, 0.05) is 22.7 Å². The number of phenolic OH excluding ortho intramolecular Hbond substituents is 1. The van der Waals surface area contributed by atoms with Crippen LogP contribution in [0.25, 0.3) is 22.2 Å². The summed E-state index contributed by atoms with van der Waals surface area (Å²) in [6, 6.07) is 4.92. The number of nitrogens with zero attached hydrogens (tertiary/aromatic N) is 1. The first kappa shape index (κ1) is 11.3. The van der Waals surface area contributed by atoms with Crippen LogP contribution in [0.2, 0.25) is 0 Å². The van der Waals surface area contributed by atoms with E-state index in [1.54, 1.807) is 12.3 Å². The summed E-state index contributed by atoms with van der Waals surface area (Å²) < 4.78 is 0. The molecule has 0 spiro atoms. The van der Waals surface area contributed by atoms with Crippen LogP contribution in [0.1, 0.15) is 16.1 Å². The summed E-state index contributed by atoms with van der Waals surface area (Å²) in [4.78, 5) is 13.9. The lowest BCUT2D eigenvalue weighted by Crippen LogP contribution is -1.95. The summed E-state index contributed by atoms with van der Waals surface area (Å²) in [6.07, 6.45) is 1.81. The third-order valence-electron chi connectivity index (χ3n) is 3.10. The van der Waals surface area contributed by atoms with Gasteiger partial charge in [-0.2, -0.15) is 5.10 Å². The molecule has 0 bridgehead atoms. The lowest BCUT2D eigenvalue weighted by Gasteiger charge is -2.03. The maximum Gasteiger partial charge on any atom is 0.353 e. The Balaban J connectivity index is 2.21. The Kier molecular flexibility index (Phi) is 2.31.